The highest BCUT2D eigenvalue weighted by molar-refractivity contribution is 5.57. The van der Waals surface area contributed by atoms with Crippen molar-refractivity contribution in [3.63, 3.8) is 0 Å². The molecule has 0 radical (unpaired) electrons. The third-order valence-corrected chi connectivity index (χ3v) is 2.81. The zero-order valence-electron chi connectivity index (χ0n) is 10.8. The van der Waals surface area contributed by atoms with E-state index in [0.717, 1.165) is 22.4 Å². The van der Waals surface area contributed by atoms with Crippen LogP contribution in [-0.2, 0) is 0 Å². The molecule has 0 spiro atoms. The predicted octanol–water partition coefficient (Wildman–Crippen LogP) is 4.73. The first kappa shape index (κ1) is 12.3. The quantitative estimate of drug-likeness (QED) is 0.757. The average molecular weight is 240 g/mol. The van der Waals surface area contributed by atoms with Gasteiger partial charge in [0.05, 0.1) is 5.69 Å². The van der Waals surface area contributed by atoms with Crippen molar-refractivity contribution in [1.29, 1.82) is 0 Å². The van der Waals surface area contributed by atoms with Crippen LogP contribution in [0.25, 0.3) is 0 Å². The largest absolute Gasteiger partial charge is 0.505 e. The van der Waals surface area contributed by atoms with Gasteiger partial charge in [0.2, 0.25) is 0 Å². The third-order valence-electron chi connectivity index (χ3n) is 2.81. The molecule has 3 heteroatoms. The number of rotatable bonds is 2. The van der Waals surface area contributed by atoms with Gasteiger partial charge in [-0.15, -0.1) is 5.11 Å². The molecule has 0 aliphatic heterocycles. The molecule has 0 saturated carbocycles. The highest BCUT2D eigenvalue weighted by Gasteiger charge is 2.04. The van der Waals surface area contributed by atoms with Gasteiger partial charge in [-0.3, -0.25) is 0 Å². The van der Waals surface area contributed by atoms with E-state index in [2.05, 4.69) is 10.2 Å². The van der Waals surface area contributed by atoms with E-state index in [1.165, 1.54) is 0 Å². The van der Waals surface area contributed by atoms with Crippen LogP contribution < -0.4 is 0 Å². The molecule has 92 valence electrons. The van der Waals surface area contributed by atoms with Crippen LogP contribution in [0.15, 0.2) is 46.6 Å². The van der Waals surface area contributed by atoms with E-state index < -0.39 is 0 Å². The van der Waals surface area contributed by atoms with E-state index in [9.17, 15) is 5.11 Å². The highest BCUT2D eigenvalue weighted by Crippen LogP contribution is 2.32. The second-order valence-electron chi connectivity index (χ2n) is 4.44. The van der Waals surface area contributed by atoms with Crippen LogP contribution in [0.3, 0.4) is 0 Å². The summed E-state index contributed by atoms with van der Waals surface area (Å²) in [6.45, 7) is 5.81. The molecule has 2 aromatic carbocycles. The van der Waals surface area contributed by atoms with Gasteiger partial charge >= 0.3 is 0 Å². The minimum Gasteiger partial charge on any atom is -0.505 e. The van der Waals surface area contributed by atoms with Crippen molar-refractivity contribution in [2.75, 3.05) is 0 Å². The Morgan fingerprint density at radius 2 is 1.50 bits per heavy atom. The summed E-state index contributed by atoms with van der Waals surface area (Å²) in [5.74, 6) is 0.193. The Morgan fingerprint density at radius 3 is 2.22 bits per heavy atom. The smallest absolute Gasteiger partial charge is 0.146 e. The first-order valence-corrected chi connectivity index (χ1v) is 5.85. The number of benzene rings is 2. The second-order valence-corrected chi connectivity index (χ2v) is 4.44. The lowest BCUT2D eigenvalue weighted by molar-refractivity contribution is 0.472. The van der Waals surface area contributed by atoms with Crippen LogP contribution in [0.4, 0.5) is 11.4 Å². The molecule has 0 saturated heterocycles. The lowest BCUT2D eigenvalue weighted by atomic mass is 10.1. The molecule has 2 aromatic rings. The summed E-state index contributed by atoms with van der Waals surface area (Å²) >= 11 is 0. The summed E-state index contributed by atoms with van der Waals surface area (Å²) < 4.78 is 0. The maximum absolute atomic E-state index is 9.92. The fraction of sp³-hybridized carbons (Fsp3) is 0.200. The zero-order valence-corrected chi connectivity index (χ0v) is 10.8. The first-order chi connectivity index (χ1) is 8.58. The van der Waals surface area contributed by atoms with Crippen molar-refractivity contribution in [1.82, 2.24) is 0 Å². The van der Waals surface area contributed by atoms with Gasteiger partial charge in [-0.05, 0) is 49.6 Å². The Hall–Kier alpha value is -2.16. The van der Waals surface area contributed by atoms with Crippen molar-refractivity contribution in [3.05, 3.63) is 53.1 Å². The van der Waals surface area contributed by atoms with Gasteiger partial charge in [0.1, 0.15) is 11.4 Å². The first-order valence-electron chi connectivity index (χ1n) is 5.85. The van der Waals surface area contributed by atoms with Crippen molar-refractivity contribution in [2.24, 2.45) is 10.2 Å². The Labute approximate surface area is 107 Å². The van der Waals surface area contributed by atoms with Gasteiger partial charge in [0.25, 0.3) is 0 Å². The van der Waals surface area contributed by atoms with Crippen molar-refractivity contribution in [2.45, 2.75) is 20.8 Å². The Bertz CT molecular complexity index is 603. The Kier molecular flexibility index (Phi) is 3.42. The number of phenolic OH excluding ortho intramolecular Hbond substituents is 1. The highest BCUT2D eigenvalue weighted by atomic mass is 16.3. The summed E-state index contributed by atoms with van der Waals surface area (Å²) in [4.78, 5) is 0. The topological polar surface area (TPSA) is 45.0 Å². The van der Waals surface area contributed by atoms with Gasteiger partial charge in [-0.25, -0.2) is 0 Å². The van der Waals surface area contributed by atoms with E-state index in [1.807, 2.05) is 57.2 Å². The van der Waals surface area contributed by atoms with Crippen LogP contribution >= 0.6 is 0 Å². The van der Waals surface area contributed by atoms with Gasteiger partial charge in [-0.2, -0.15) is 5.11 Å². The lowest BCUT2D eigenvalue weighted by Gasteiger charge is -2.04. The number of azo groups is 1. The molecule has 2 rings (SSSR count). The van der Waals surface area contributed by atoms with Gasteiger partial charge in [0, 0.05) is 0 Å². The number of nitrogens with zero attached hydrogens (tertiary/aromatic N) is 2. The molecule has 18 heavy (non-hydrogen) atoms. The molecular formula is C15H16N2O. The molecule has 0 fully saturated rings. The molecular weight excluding hydrogens is 224 g/mol. The second kappa shape index (κ2) is 5.00. The molecule has 0 amide bonds. The van der Waals surface area contributed by atoms with E-state index in [0.29, 0.717) is 5.69 Å². The Balaban J connectivity index is 2.38. The molecule has 0 bridgehead atoms. The van der Waals surface area contributed by atoms with Gasteiger partial charge < -0.3 is 5.11 Å². The fourth-order valence-corrected chi connectivity index (χ4v) is 1.80. The molecule has 0 aromatic heterocycles. The van der Waals surface area contributed by atoms with E-state index in [-0.39, 0.29) is 5.75 Å². The van der Waals surface area contributed by atoms with Crippen molar-refractivity contribution < 1.29 is 5.11 Å². The maximum atomic E-state index is 9.92. The molecule has 3 nitrogen and oxygen atoms in total. The summed E-state index contributed by atoms with van der Waals surface area (Å²) in [5.41, 5.74) is 4.26. The van der Waals surface area contributed by atoms with E-state index >= 15 is 0 Å². The zero-order chi connectivity index (χ0) is 13.1. The number of hydrogen-bond acceptors (Lipinski definition) is 3. The summed E-state index contributed by atoms with van der Waals surface area (Å²) in [6, 6.07) is 11.5. The van der Waals surface area contributed by atoms with Crippen LogP contribution in [0.2, 0.25) is 0 Å². The number of aromatic hydroxyl groups is 1. The van der Waals surface area contributed by atoms with Gasteiger partial charge in [0.15, 0.2) is 0 Å². The summed E-state index contributed by atoms with van der Waals surface area (Å²) in [7, 11) is 0. The molecule has 0 aliphatic rings. The minimum absolute atomic E-state index is 0.193. The molecule has 0 heterocycles. The van der Waals surface area contributed by atoms with Crippen LogP contribution in [-0.4, -0.2) is 5.11 Å². The Morgan fingerprint density at radius 1 is 0.833 bits per heavy atom. The monoisotopic (exact) mass is 240 g/mol. The SMILES string of the molecule is Cc1cc(C)c(O)c(N=Nc2ccccc2C)c1. The fourth-order valence-electron chi connectivity index (χ4n) is 1.80. The number of aryl methyl sites for hydroxylation is 3. The predicted molar refractivity (Wildman–Crippen MR) is 72.9 cm³/mol. The van der Waals surface area contributed by atoms with Crippen LogP contribution in [0, 0.1) is 20.8 Å². The normalized spacial score (nSPS) is 11.1. The molecule has 0 atom stereocenters. The van der Waals surface area contributed by atoms with E-state index in [4.69, 9.17) is 0 Å². The summed E-state index contributed by atoms with van der Waals surface area (Å²) in [6.07, 6.45) is 0. The van der Waals surface area contributed by atoms with Gasteiger partial charge in [-0.1, -0.05) is 24.3 Å². The van der Waals surface area contributed by atoms with E-state index in [1.54, 1.807) is 0 Å². The van der Waals surface area contributed by atoms with Crippen molar-refractivity contribution in [3.8, 4) is 5.75 Å². The molecule has 0 aliphatic carbocycles. The summed E-state index contributed by atoms with van der Waals surface area (Å²) in [5, 5.41) is 18.2. The average Bonchev–Trinajstić information content (AvgIpc) is 2.33. The lowest BCUT2D eigenvalue weighted by Crippen LogP contribution is -1.79. The number of hydrogen-bond donors (Lipinski definition) is 1. The molecule has 0 unspecified atom stereocenters. The maximum Gasteiger partial charge on any atom is 0.146 e. The van der Waals surface area contributed by atoms with Crippen molar-refractivity contribution >= 4 is 11.4 Å². The number of phenols is 1. The molecule has 1 N–H and O–H groups in total. The standard InChI is InChI=1S/C15H16N2O/c1-10-8-12(3)15(18)14(9-10)17-16-13-7-5-4-6-11(13)2/h4-9,18H,1-3H3. The third kappa shape index (κ3) is 2.56. The minimum atomic E-state index is 0.193. The van der Waals surface area contributed by atoms with Crippen LogP contribution in [0.1, 0.15) is 16.7 Å². The van der Waals surface area contributed by atoms with Crippen LogP contribution in [0.5, 0.6) is 5.75 Å².